The molecule has 0 spiro atoms. The zero-order valence-electron chi connectivity index (χ0n) is 7.76. The number of carbonyl (C=O) groups is 1. The van der Waals surface area contributed by atoms with Crippen LogP contribution in [0.4, 0.5) is 0 Å². The summed E-state index contributed by atoms with van der Waals surface area (Å²) in [7, 11) is 1.35. The van der Waals surface area contributed by atoms with E-state index in [1.54, 1.807) is 0 Å². The summed E-state index contributed by atoms with van der Waals surface area (Å²) in [5.41, 5.74) is 0. The first-order valence-electron chi connectivity index (χ1n) is 4.10. The van der Waals surface area contributed by atoms with Crippen molar-refractivity contribution in [2.45, 2.75) is 13.3 Å². The molecule has 0 atom stereocenters. The molecule has 0 radical (unpaired) electrons. The average Bonchev–Trinajstić information content (AvgIpc) is 2.35. The lowest BCUT2D eigenvalue weighted by atomic mass is 10.5. The van der Waals surface area contributed by atoms with Gasteiger partial charge in [0.25, 0.3) is 0 Å². The van der Waals surface area contributed by atoms with Crippen LogP contribution in [-0.2, 0) is 9.53 Å². The second-order valence-corrected chi connectivity index (χ2v) is 3.64. The molecular formula is C8H17NO2S. The highest BCUT2D eigenvalue weighted by Gasteiger charge is 1.94. The van der Waals surface area contributed by atoms with Crippen molar-refractivity contribution in [3.8, 4) is 0 Å². The molecule has 0 amide bonds. The predicted molar refractivity (Wildman–Crippen MR) is 52.5 cm³/mol. The Bertz CT molecular complexity index is 100.0. The molecule has 1 rings (SSSR count). The minimum atomic E-state index is -0.245. The Morgan fingerprint density at radius 1 is 1.42 bits per heavy atom. The minimum Gasteiger partial charge on any atom is -0.469 e. The summed E-state index contributed by atoms with van der Waals surface area (Å²) >= 11 is 2.05. The van der Waals surface area contributed by atoms with Crippen molar-refractivity contribution in [3.05, 3.63) is 0 Å². The van der Waals surface area contributed by atoms with Gasteiger partial charge in [-0.3, -0.25) is 4.79 Å². The van der Waals surface area contributed by atoms with Crippen LogP contribution in [0.15, 0.2) is 0 Å². The van der Waals surface area contributed by atoms with Crippen molar-refractivity contribution in [1.82, 2.24) is 5.32 Å². The van der Waals surface area contributed by atoms with E-state index >= 15 is 0 Å². The van der Waals surface area contributed by atoms with Gasteiger partial charge in [-0.15, -0.1) is 0 Å². The molecule has 1 fully saturated rings. The van der Waals surface area contributed by atoms with Gasteiger partial charge in [0.05, 0.1) is 7.11 Å². The molecule has 72 valence electrons. The number of carbonyl (C=O) groups excluding carboxylic acids is 1. The third-order valence-electron chi connectivity index (χ3n) is 1.35. The molecule has 0 aromatic carbocycles. The smallest absolute Gasteiger partial charge is 0.302 e. The number of methoxy groups -OCH3 is 1. The van der Waals surface area contributed by atoms with Gasteiger partial charge in [-0.25, -0.2) is 0 Å². The number of hydrogen-bond donors (Lipinski definition) is 1. The Balaban J connectivity index is 0.000000217. The van der Waals surface area contributed by atoms with Crippen molar-refractivity contribution in [2.75, 3.05) is 31.7 Å². The fraction of sp³-hybridized carbons (Fsp3) is 0.875. The SMILES string of the molecule is C1CNCCSC1.COC(C)=O. The van der Waals surface area contributed by atoms with Crippen LogP contribution >= 0.6 is 11.8 Å². The predicted octanol–water partition coefficient (Wildman–Crippen LogP) is 0.892. The van der Waals surface area contributed by atoms with Crippen LogP contribution in [0.25, 0.3) is 0 Å². The summed E-state index contributed by atoms with van der Waals surface area (Å²) < 4.78 is 4.11. The van der Waals surface area contributed by atoms with Gasteiger partial charge in [-0.1, -0.05) is 0 Å². The molecule has 3 nitrogen and oxygen atoms in total. The van der Waals surface area contributed by atoms with Crippen molar-refractivity contribution in [2.24, 2.45) is 0 Å². The molecule has 1 saturated heterocycles. The van der Waals surface area contributed by atoms with Crippen molar-refractivity contribution in [3.63, 3.8) is 0 Å². The summed E-state index contributed by atoms with van der Waals surface area (Å²) in [6, 6.07) is 0. The van der Waals surface area contributed by atoms with Crippen LogP contribution in [0, 0.1) is 0 Å². The summed E-state index contributed by atoms with van der Waals surface area (Å²) in [5, 5.41) is 3.33. The molecule has 0 bridgehead atoms. The molecule has 1 heterocycles. The topological polar surface area (TPSA) is 38.3 Å². The number of rotatable bonds is 0. The van der Waals surface area contributed by atoms with Crippen LogP contribution in [0.1, 0.15) is 13.3 Å². The van der Waals surface area contributed by atoms with Gasteiger partial charge in [0.2, 0.25) is 0 Å². The highest BCUT2D eigenvalue weighted by molar-refractivity contribution is 7.99. The maximum Gasteiger partial charge on any atom is 0.302 e. The van der Waals surface area contributed by atoms with E-state index in [0.29, 0.717) is 0 Å². The number of hydrogen-bond acceptors (Lipinski definition) is 4. The fourth-order valence-corrected chi connectivity index (χ4v) is 1.51. The van der Waals surface area contributed by atoms with E-state index in [1.807, 2.05) is 0 Å². The molecule has 0 saturated carbocycles. The standard InChI is InChI=1S/C5H11NS.C3H6O2/c1-2-6-3-5-7-4-1;1-3(4)5-2/h6H,1-5H2;1-2H3. The number of ether oxygens (including phenoxy) is 1. The van der Waals surface area contributed by atoms with Gasteiger partial charge >= 0.3 is 5.97 Å². The molecule has 4 heteroatoms. The van der Waals surface area contributed by atoms with Crippen LogP contribution in [0.3, 0.4) is 0 Å². The fourth-order valence-electron chi connectivity index (χ4n) is 0.671. The lowest BCUT2D eigenvalue weighted by Gasteiger charge is -1.91. The highest BCUT2D eigenvalue weighted by Crippen LogP contribution is 2.02. The van der Waals surface area contributed by atoms with Gasteiger partial charge in [-0.05, 0) is 18.7 Å². The van der Waals surface area contributed by atoms with Gasteiger partial charge in [0.15, 0.2) is 0 Å². The van der Waals surface area contributed by atoms with Gasteiger partial charge < -0.3 is 10.1 Å². The largest absolute Gasteiger partial charge is 0.469 e. The zero-order valence-corrected chi connectivity index (χ0v) is 8.58. The second kappa shape index (κ2) is 8.87. The summed E-state index contributed by atoms with van der Waals surface area (Å²) in [6.45, 7) is 3.80. The first-order chi connectivity index (χ1) is 5.77. The Labute approximate surface area is 78.2 Å². The van der Waals surface area contributed by atoms with Crippen molar-refractivity contribution in [1.29, 1.82) is 0 Å². The Kier molecular flexibility index (Phi) is 8.71. The normalized spacial score (nSPS) is 16.8. The molecule has 0 aliphatic carbocycles. The number of esters is 1. The minimum absolute atomic E-state index is 0.245. The van der Waals surface area contributed by atoms with Crippen LogP contribution in [0.2, 0.25) is 0 Å². The van der Waals surface area contributed by atoms with Crippen LogP contribution < -0.4 is 5.32 Å². The van der Waals surface area contributed by atoms with E-state index in [2.05, 4.69) is 21.8 Å². The van der Waals surface area contributed by atoms with Crippen LogP contribution in [-0.4, -0.2) is 37.7 Å². The molecule has 1 N–H and O–H groups in total. The maximum atomic E-state index is 9.59. The quantitative estimate of drug-likeness (QED) is 0.577. The third-order valence-corrected chi connectivity index (χ3v) is 2.42. The van der Waals surface area contributed by atoms with E-state index in [0.717, 1.165) is 0 Å². The van der Waals surface area contributed by atoms with E-state index in [9.17, 15) is 4.79 Å². The molecule has 0 aromatic rings. The van der Waals surface area contributed by atoms with E-state index in [1.165, 1.54) is 45.0 Å². The van der Waals surface area contributed by atoms with Gasteiger partial charge in [-0.2, -0.15) is 11.8 Å². The molecule has 0 unspecified atom stereocenters. The summed E-state index contributed by atoms with van der Waals surface area (Å²) in [4.78, 5) is 9.59. The lowest BCUT2D eigenvalue weighted by molar-refractivity contribution is -0.137. The summed E-state index contributed by atoms with van der Waals surface area (Å²) in [5.74, 6) is 2.41. The maximum absolute atomic E-state index is 9.59. The third kappa shape index (κ3) is 9.78. The Morgan fingerprint density at radius 3 is 2.67 bits per heavy atom. The molecular weight excluding hydrogens is 174 g/mol. The van der Waals surface area contributed by atoms with Crippen molar-refractivity contribution < 1.29 is 9.53 Å². The molecule has 1 aliphatic heterocycles. The second-order valence-electron chi connectivity index (χ2n) is 2.41. The first kappa shape index (κ1) is 11.8. The Morgan fingerprint density at radius 2 is 2.08 bits per heavy atom. The number of thioether (sulfide) groups is 1. The molecule has 0 aromatic heterocycles. The zero-order chi connectivity index (χ0) is 9.23. The van der Waals surface area contributed by atoms with Crippen molar-refractivity contribution >= 4 is 17.7 Å². The summed E-state index contributed by atoms with van der Waals surface area (Å²) in [6.07, 6.45) is 1.35. The molecule has 1 aliphatic rings. The van der Waals surface area contributed by atoms with E-state index in [-0.39, 0.29) is 5.97 Å². The average molecular weight is 191 g/mol. The van der Waals surface area contributed by atoms with Crippen LogP contribution in [0.5, 0.6) is 0 Å². The lowest BCUT2D eigenvalue weighted by Crippen LogP contribution is -2.15. The van der Waals surface area contributed by atoms with Gasteiger partial charge in [0, 0.05) is 19.2 Å². The number of nitrogens with one attached hydrogen (secondary N) is 1. The van der Waals surface area contributed by atoms with E-state index in [4.69, 9.17) is 0 Å². The first-order valence-corrected chi connectivity index (χ1v) is 5.26. The molecule has 12 heavy (non-hydrogen) atoms. The van der Waals surface area contributed by atoms with E-state index < -0.39 is 0 Å². The van der Waals surface area contributed by atoms with Gasteiger partial charge in [0.1, 0.15) is 0 Å². The Hall–Kier alpha value is -0.220. The monoisotopic (exact) mass is 191 g/mol. The highest BCUT2D eigenvalue weighted by atomic mass is 32.2.